The van der Waals surface area contributed by atoms with Crippen LogP contribution in [0.3, 0.4) is 0 Å². The Bertz CT molecular complexity index is 490. The van der Waals surface area contributed by atoms with Gasteiger partial charge < -0.3 is 4.90 Å². The highest BCUT2D eigenvalue weighted by atomic mass is 32.1. The monoisotopic (exact) mass is 231 g/mol. The van der Waals surface area contributed by atoms with Gasteiger partial charge in [0.1, 0.15) is 0 Å². The van der Waals surface area contributed by atoms with Gasteiger partial charge in [-0.2, -0.15) is 0 Å². The summed E-state index contributed by atoms with van der Waals surface area (Å²) in [5.74, 6) is 0. The second-order valence-corrected chi connectivity index (χ2v) is 4.89. The Morgan fingerprint density at radius 1 is 1.25 bits per heavy atom. The largest absolute Gasteiger partial charge is 0.317 e. The Labute approximate surface area is 99.1 Å². The molecule has 0 bridgehead atoms. The molecule has 1 aromatic carbocycles. The predicted molar refractivity (Wildman–Crippen MR) is 69.0 cm³/mol. The number of carbonyl (C=O) groups is 1. The SMILES string of the molecule is Cc1sc(-c2ccccc2)cc1N(C)C=O. The van der Waals surface area contributed by atoms with E-state index in [1.54, 1.807) is 23.3 Å². The van der Waals surface area contributed by atoms with Crippen molar-refractivity contribution in [3.8, 4) is 10.4 Å². The van der Waals surface area contributed by atoms with Crippen LogP contribution in [0.2, 0.25) is 0 Å². The Hall–Kier alpha value is -1.61. The number of thiophene rings is 1. The molecule has 1 amide bonds. The first-order chi connectivity index (χ1) is 7.72. The number of aryl methyl sites for hydroxylation is 1. The van der Waals surface area contributed by atoms with Gasteiger partial charge in [-0.15, -0.1) is 11.3 Å². The third-order valence-electron chi connectivity index (χ3n) is 2.49. The zero-order valence-corrected chi connectivity index (χ0v) is 10.1. The first kappa shape index (κ1) is 10.9. The first-order valence-electron chi connectivity index (χ1n) is 5.06. The van der Waals surface area contributed by atoms with E-state index in [9.17, 15) is 4.79 Å². The van der Waals surface area contributed by atoms with Gasteiger partial charge in [0.2, 0.25) is 6.41 Å². The Morgan fingerprint density at radius 2 is 1.94 bits per heavy atom. The van der Waals surface area contributed by atoms with E-state index in [-0.39, 0.29) is 0 Å². The van der Waals surface area contributed by atoms with Crippen LogP contribution in [-0.2, 0) is 4.79 Å². The number of benzene rings is 1. The maximum Gasteiger partial charge on any atom is 0.213 e. The Morgan fingerprint density at radius 3 is 2.56 bits per heavy atom. The normalized spacial score (nSPS) is 10.1. The molecular formula is C13H13NOS. The number of anilines is 1. The van der Waals surface area contributed by atoms with Crippen LogP contribution in [0.15, 0.2) is 36.4 Å². The molecule has 0 aliphatic heterocycles. The van der Waals surface area contributed by atoms with Gasteiger partial charge in [0.05, 0.1) is 5.69 Å². The standard InChI is InChI=1S/C13H13NOS/c1-10-12(14(2)9-15)8-13(16-10)11-6-4-3-5-7-11/h3-9H,1-2H3. The highest BCUT2D eigenvalue weighted by Gasteiger charge is 2.09. The summed E-state index contributed by atoms with van der Waals surface area (Å²) in [6.07, 6.45) is 0.837. The van der Waals surface area contributed by atoms with Crippen LogP contribution in [0.1, 0.15) is 4.88 Å². The van der Waals surface area contributed by atoms with Crippen LogP contribution in [0.25, 0.3) is 10.4 Å². The quantitative estimate of drug-likeness (QED) is 0.742. The van der Waals surface area contributed by atoms with Gasteiger partial charge in [-0.1, -0.05) is 30.3 Å². The molecule has 0 N–H and O–H groups in total. The zero-order valence-electron chi connectivity index (χ0n) is 9.31. The minimum atomic E-state index is 0.837. The van der Waals surface area contributed by atoms with Crippen LogP contribution in [0.5, 0.6) is 0 Å². The maximum atomic E-state index is 10.7. The van der Waals surface area contributed by atoms with E-state index in [4.69, 9.17) is 0 Å². The average Bonchev–Trinajstić information content (AvgIpc) is 2.71. The molecule has 0 aliphatic rings. The van der Waals surface area contributed by atoms with Crippen molar-refractivity contribution >= 4 is 23.4 Å². The molecule has 0 saturated heterocycles. The van der Waals surface area contributed by atoms with E-state index in [0.29, 0.717) is 0 Å². The number of hydrogen-bond donors (Lipinski definition) is 0. The van der Waals surface area contributed by atoms with E-state index in [1.165, 1.54) is 10.4 Å². The molecule has 0 saturated carbocycles. The van der Waals surface area contributed by atoms with Crippen LogP contribution in [0, 0.1) is 6.92 Å². The van der Waals surface area contributed by atoms with E-state index < -0.39 is 0 Å². The number of nitrogens with zero attached hydrogens (tertiary/aromatic N) is 1. The van der Waals surface area contributed by atoms with Gasteiger partial charge in [0, 0.05) is 16.8 Å². The molecule has 82 valence electrons. The molecule has 2 rings (SSSR count). The maximum absolute atomic E-state index is 10.7. The lowest BCUT2D eigenvalue weighted by molar-refractivity contribution is -0.107. The van der Waals surface area contributed by atoms with Gasteiger partial charge in [-0.05, 0) is 18.6 Å². The molecule has 0 aliphatic carbocycles. The average molecular weight is 231 g/mol. The summed E-state index contributed by atoms with van der Waals surface area (Å²) in [6.45, 7) is 2.03. The molecule has 16 heavy (non-hydrogen) atoms. The Kier molecular flexibility index (Phi) is 3.06. The Balaban J connectivity index is 2.42. The number of hydrogen-bond acceptors (Lipinski definition) is 2. The second-order valence-electron chi connectivity index (χ2n) is 3.63. The van der Waals surface area contributed by atoms with Crippen molar-refractivity contribution in [2.75, 3.05) is 11.9 Å². The topological polar surface area (TPSA) is 20.3 Å². The lowest BCUT2D eigenvalue weighted by Gasteiger charge is -2.08. The van der Waals surface area contributed by atoms with Crippen molar-refractivity contribution in [2.24, 2.45) is 0 Å². The van der Waals surface area contributed by atoms with Gasteiger partial charge in [-0.25, -0.2) is 0 Å². The fourth-order valence-corrected chi connectivity index (χ4v) is 2.69. The van der Waals surface area contributed by atoms with E-state index in [0.717, 1.165) is 17.0 Å². The summed E-state index contributed by atoms with van der Waals surface area (Å²) in [6, 6.07) is 12.3. The van der Waals surface area contributed by atoms with E-state index in [2.05, 4.69) is 18.2 Å². The third-order valence-corrected chi connectivity index (χ3v) is 3.58. The van der Waals surface area contributed by atoms with E-state index in [1.807, 2.05) is 25.1 Å². The van der Waals surface area contributed by atoms with E-state index >= 15 is 0 Å². The first-order valence-corrected chi connectivity index (χ1v) is 5.88. The van der Waals surface area contributed by atoms with Crippen LogP contribution >= 0.6 is 11.3 Å². The highest BCUT2D eigenvalue weighted by Crippen LogP contribution is 2.35. The number of amides is 1. The van der Waals surface area contributed by atoms with Gasteiger partial charge in [-0.3, -0.25) is 4.79 Å². The minimum absolute atomic E-state index is 0.837. The summed E-state index contributed by atoms with van der Waals surface area (Å²) in [5, 5.41) is 0. The van der Waals surface area contributed by atoms with Crippen molar-refractivity contribution in [1.82, 2.24) is 0 Å². The fourth-order valence-electron chi connectivity index (χ4n) is 1.62. The molecule has 0 radical (unpaired) electrons. The molecular weight excluding hydrogens is 218 g/mol. The van der Waals surface area contributed by atoms with Crippen molar-refractivity contribution in [3.63, 3.8) is 0 Å². The van der Waals surface area contributed by atoms with Crippen LogP contribution < -0.4 is 4.90 Å². The second kappa shape index (κ2) is 4.49. The van der Waals surface area contributed by atoms with Crippen molar-refractivity contribution in [2.45, 2.75) is 6.92 Å². The minimum Gasteiger partial charge on any atom is -0.317 e. The molecule has 0 fully saturated rings. The molecule has 0 unspecified atom stereocenters. The molecule has 0 spiro atoms. The fraction of sp³-hybridized carbons (Fsp3) is 0.154. The van der Waals surface area contributed by atoms with Gasteiger partial charge in [0.15, 0.2) is 0 Å². The summed E-state index contributed by atoms with van der Waals surface area (Å²) >= 11 is 1.71. The summed E-state index contributed by atoms with van der Waals surface area (Å²) < 4.78 is 0. The number of rotatable bonds is 3. The van der Waals surface area contributed by atoms with Crippen molar-refractivity contribution in [1.29, 1.82) is 0 Å². The summed E-state index contributed by atoms with van der Waals surface area (Å²) in [5.41, 5.74) is 2.18. The van der Waals surface area contributed by atoms with Crippen molar-refractivity contribution in [3.05, 3.63) is 41.3 Å². The van der Waals surface area contributed by atoms with Crippen LogP contribution in [-0.4, -0.2) is 13.5 Å². The summed E-state index contributed by atoms with van der Waals surface area (Å²) in [4.78, 5) is 14.7. The van der Waals surface area contributed by atoms with Gasteiger partial charge in [0.25, 0.3) is 0 Å². The molecule has 0 atom stereocenters. The molecule has 1 heterocycles. The molecule has 1 aromatic heterocycles. The lowest BCUT2D eigenvalue weighted by atomic mass is 10.2. The zero-order chi connectivity index (χ0) is 11.5. The smallest absolute Gasteiger partial charge is 0.213 e. The highest BCUT2D eigenvalue weighted by molar-refractivity contribution is 7.16. The molecule has 2 aromatic rings. The summed E-state index contributed by atoms with van der Waals surface area (Å²) in [7, 11) is 1.77. The number of carbonyl (C=O) groups excluding carboxylic acids is 1. The van der Waals surface area contributed by atoms with Gasteiger partial charge >= 0.3 is 0 Å². The third kappa shape index (κ3) is 1.99. The predicted octanol–water partition coefficient (Wildman–Crippen LogP) is 3.32. The molecule has 2 nitrogen and oxygen atoms in total. The molecule has 3 heteroatoms. The van der Waals surface area contributed by atoms with Crippen molar-refractivity contribution < 1.29 is 4.79 Å². The van der Waals surface area contributed by atoms with Crippen LogP contribution in [0.4, 0.5) is 5.69 Å². The lowest BCUT2D eigenvalue weighted by Crippen LogP contribution is -2.13.